The van der Waals surface area contributed by atoms with Gasteiger partial charge in [0, 0.05) is 30.1 Å². The second kappa shape index (κ2) is 5.84. The molecule has 0 amide bonds. The zero-order valence-electron chi connectivity index (χ0n) is 11.7. The maximum absolute atomic E-state index is 3.55. The van der Waals surface area contributed by atoms with E-state index in [4.69, 9.17) is 0 Å². The van der Waals surface area contributed by atoms with Crippen LogP contribution in [0.1, 0.15) is 30.4 Å². The van der Waals surface area contributed by atoms with Gasteiger partial charge in [0.05, 0.1) is 0 Å². The molecule has 0 radical (unpaired) electrons. The van der Waals surface area contributed by atoms with E-state index < -0.39 is 0 Å². The summed E-state index contributed by atoms with van der Waals surface area (Å²) in [4.78, 5) is 5.26. The molecule has 1 atom stereocenters. The molecule has 0 N–H and O–H groups in total. The number of nitrogens with zero attached hydrogens (tertiary/aromatic N) is 2. The fourth-order valence-corrected chi connectivity index (χ4v) is 4.04. The molecule has 1 aromatic carbocycles. The van der Waals surface area contributed by atoms with Crippen molar-refractivity contribution in [1.82, 2.24) is 4.90 Å². The predicted molar refractivity (Wildman–Crippen MR) is 85.2 cm³/mol. The maximum Gasteiger partial charge on any atom is 0.0369 e. The van der Waals surface area contributed by atoms with Crippen LogP contribution in [0.4, 0.5) is 5.69 Å². The van der Waals surface area contributed by atoms with E-state index in [9.17, 15) is 0 Å². The van der Waals surface area contributed by atoms with Crippen LogP contribution in [0.25, 0.3) is 0 Å². The van der Waals surface area contributed by atoms with Gasteiger partial charge >= 0.3 is 0 Å². The number of hydrogen-bond acceptors (Lipinski definition) is 2. The van der Waals surface area contributed by atoms with Gasteiger partial charge in [0.15, 0.2) is 0 Å². The standard InChI is InChI=1S/C16H23BrN2/c1-13-10-15(5-4-14(13)11-17)19-9-6-16(12-19)18-7-2-3-8-18/h4-5,10,16H,2-3,6-9,11-12H2,1H3. The van der Waals surface area contributed by atoms with Crippen molar-refractivity contribution in [1.29, 1.82) is 0 Å². The molecule has 0 aliphatic carbocycles. The van der Waals surface area contributed by atoms with Gasteiger partial charge in [-0.25, -0.2) is 0 Å². The van der Waals surface area contributed by atoms with Crippen molar-refractivity contribution < 1.29 is 0 Å². The van der Waals surface area contributed by atoms with Crippen LogP contribution in [0.15, 0.2) is 18.2 Å². The van der Waals surface area contributed by atoms with Gasteiger partial charge in [-0.15, -0.1) is 0 Å². The molecule has 2 aliphatic rings. The first-order valence-electron chi connectivity index (χ1n) is 7.42. The van der Waals surface area contributed by atoms with E-state index in [-0.39, 0.29) is 0 Å². The number of alkyl halides is 1. The summed E-state index contributed by atoms with van der Waals surface area (Å²) in [6.07, 6.45) is 4.13. The Bertz CT molecular complexity index is 440. The van der Waals surface area contributed by atoms with E-state index in [2.05, 4.69) is 50.9 Å². The first kappa shape index (κ1) is 13.4. The van der Waals surface area contributed by atoms with Gasteiger partial charge in [-0.3, -0.25) is 4.90 Å². The third-order valence-electron chi connectivity index (χ3n) is 4.66. The summed E-state index contributed by atoms with van der Waals surface area (Å²) in [5.41, 5.74) is 4.21. The van der Waals surface area contributed by atoms with E-state index in [1.807, 2.05) is 0 Å². The predicted octanol–water partition coefficient (Wildman–Crippen LogP) is 3.56. The summed E-state index contributed by atoms with van der Waals surface area (Å²) >= 11 is 3.55. The first-order valence-corrected chi connectivity index (χ1v) is 8.54. The van der Waals surface area contributed by atoms with Crippen molar-refractivity contribution in [3.63, 3.8) is 0 Å². The number of likely N-dealkylation sites (tertiary alicyclic amines) is 1. The van der Waals surface area contributed by atoms with Gasteiger partial charge in [-0.05, 0) is 62.5 Å². The third kappa shape index (κ3) is 2.82. The summed E-state index contributed by atoms with van der Waals surface area (Å²) in [6, 6.07) is 7.69. The van der Waals surface area contributed by atoms with Crippen LogP contribution < -0.4 is 4.90 Å². The number of benzene rings is 1. The van der Waals surface area contributed by atoms with Crippen LogP contribution >= 0.6 is 15.9 Å². The van der Waals surface area contributed by atoms with Crippen molar-refractivity contribution in [3.05, 3.63) is 29.3 Å². The average molecular weight is 323 g/mol. The Morgan fingerprint density at radius 1 is 1.21 bits per heavy atom. The molecule has 2 fully saturated rings. The smallest absolute Gasteiger partial charge is 0.0369 e. The molecule has 104 valence electrons. The zero-order valence-corrected chi connectivity index (χ0v) is 13.3. The molecule has 3 heteroatoms. The SMILES string of the molecule is Cc1cc(N2CCC(N3CCCC3)C2)ccc1CBr. The van der Waals surface area contributed by atoms with Crippen LogP contribution in [-0.4, -0.2) is 37.1 Å². The Hall–Kier alpha value is -0.540. The van der Waals surface area contributed by atoms with Crippen LogP contribution in [0, 0.1) is 6.92 Å². The van der Waals surface area contributed by atoms with Crippen molar-refractivity contribution in [2.24, 2.45) is 0 Å². The van der Waals surface area contributed by atoms with E-state index in [1.54, 1.807) is 0 Å². The number of aryl methyl sites for hydroxylation is 1. The molecular weight excluding hydrogens is 300 g/mol. The van der Waals surface area contributed by atoms with Crippen molar-refractivity contribution >= 4 is 21.6 Å². The van der Waals surface area contributed by atoms with Gasteiger partial charge in [-0.2, -0.15) is 0 Å². The lowest BCUT2D eigenvalue weighted by Crippen LogP contribution is -2.35. The van der Waals surface area contributed by atoms with Crippen molar-refractivity contribution in [3.8, 4) is 0 Å². The van der Waals surface area contributed by atoms with E-state index in [0.29, 0.717) is 0 Å². The molecule has 2 heterocycles. The second-order valence-electron chi connectivity index (χ2n) is 5.88. The Labute approximate surface area is 124 Å². The summed E-state index contributed by atoms with van der Waals surface area (Å²) < 4.78 is 0. The lowest BCUT2D eigenvalue weighted by molar-refractivity contribution is 0.260. The summed E-state index contributed by atoms with van der Waals surface area (Å²) in [5, 5.41) is 0.954. The Kier molecular flexibility index (Phi) is 4.13. The molecule has 1 unspecified atom stereocenters. The molecule has 3 rings (SSSR count). The van der Waals surface area contributed by atoms with Gasteiger partial charge in [0.1, 0.15) is 0 Å². The average Bonchev–Trinajstić information content (AvgIpc) is 3.09. The van der Waals surface area contributed by atoms with Crippen molar-refractivity contribution in [2.75, 3.05) is 31.1 Å². The summed E-state index contributed by atoms with van der Waals surface area (Å²) in [7, 11) is 0. The Morgan fingerprint density at radius 3 is 2.68 bits per heavy atom. The molecule has 0 bridgehead atoms. The lowest BCUT2D eigenvalue weighted by atomic mass is 10.1. The van der Waals surface area contributed by atoms with Crippen LogP contribution in [0.3, 0.4) is 0 Å². The zero-order chi connectivity index (χ0) is 13.2. The number of hydrogen-bond donors (Lipinski definition) is 0. The van der Waals surface area contributed by atoms with Crippen LogP contribution in [0.2, 0.25) is 0 Å². The fraction of sp³-hybridized carbons (Fsp3) is 0.625. The van der Waals surface area contributed by atoms with E-state index in [0.717, 1.165) is 11.4 Å². The van der Waals surface area contributed by atoms with E-state index in [1.165, 1.54) is 62.3 Å². The molecule has 19 heavy (non-hydrogen) atoms. The van der Waals surface area contributed by atoms with E-state index >= 15 is 0 Å². The van der Waals surface area contributed by atoms with Crippen LogP contribution in [0.5, 0.6) is 0 Å². The molecule has 2 saturated heterocycles. The number of anilines is 1. The highest BCUT2D eigenvalue weighted by molar-refractivity contribution is 9.08. The molecule has 1 aromatic rings. The van der Waals surface area contributed by atoms with Crippen molar-refractivity contribution in [2.45, 2.75) is 37.6 Å². The Balaban J connectivity index is 1.68. The highest BCUT2D eigenvalue weighted by atomic mass is 79.9. The number of rotatable bonds is 3. The highest BCUT2D eigenvalue weighted by Gasteiger charge is 2.29. The molecule has 0 saturated carbocycles. The lowest BCUT2D eigenvalue weighted by Gasteiger charge is -2.24. The topological polar surface area (TPSA) is 6.48 Å². The van der Waals surface area contributed by atoms with Gasteiger partial charge in [0.25, 0.3) is 0 Å². The quantitative estimate of drug-likeness (QED) is 0.785. The molecule has 0 aromatic heterocycles. The minimum absolute atomic E-state index is 0.790. The Morgan fingerprint density at radius 2 is 2.00 bits per heavy atom. The largest absolute Gasteiger partial charge is 0.370 e. The molecule has 0 spiro atoms. The van der Waals surface area contributed by atoms with Gasteiger partial charge in [-0.1, -0.05) is 22.0 Å². The minimum atomic E-state index is 0.790. The maximum atomic E-state index is 3.55. The summed E-state index contributed by atoms with van der Waals surface area (Å²) in [6.45, 7) is 7.29. The first-order chi connectivity index (χ1) is 9.28. The highest BCUT2D eigenvalue weighted by Crippen LogP contribution is 2.27. The minimum Gasteiger partial charge on any atom is -0.370 e. The second-order valence-corrected chi connectivity index (χ2v) is 6.44. The molecular formula is C16H23BrN2. The van der Waals surface area contributed by atoms with Gasteiger partial charge in [0.2, 0.25) is 0 Å². The van der Waals surface area contributed by atoms with Gasteiger partial charge < -0.3 is 4.90 Å². The molecule has 2 nitrogen and oxygen atoms in total. The normalized spacial score (nSPS) is 24.3. The van der Waals surface area contributed by atoms with Crippen LogP contribution in [-0.2, 0) is 5.33 Å². The number of halogens is 1. The fourth-order valence-electron chi connectivity index (χ4n) is 3.41. The molecule has 2 aliphatic heterocycles. The monoisotopic (exact) mass is 322 g/mol. The summed E-state index contributed by atoms with van der Waals surface area (Å²) in [5.74, 6) is 0. The third-order valence-corrected chi connectivity index (χ3v) is 5.26.